The Morgan fingerprint density at radius 3 is 2.72 bits per heavy atom. The van der Waals surface area contributed by atoms with Crippen LogP contribution in [-0.2, 0) is 13.3 Å². The summed E-state index contributed by atoms with van der Waals surface area (Å²) in [6, 6.07) is 7.07. The highest BCUT2D eigenvalue weighted by molar-refractivity contribution is 5.34. The van der Waals surface area contributed by atoms with Crippen LogP contribution in [-0.4, -0.2) is 10.1 Å². The summed E-state index contributed by atoms with van der Waals surface area (Å²) in [6.07, 6.45) is 1.39. The van der Waals surface area contributed by atoms with E-state index >= 15 is 0 Å². The summed E-state index contributed by atoms with van der Waals surface area (Å²) in [4.78, 5) is 3.77. The van der Waals surface area contributed by atoms with Gasteiger partial charge in [-0.25, -0.2) is 8.78 Å². The Kier molecular flexibility index (Phi) is 3.84. The van der Waals surface area contributed by atoms with E-state index in [4.69, 9.17) is 9.84 Å². The lowest BCUT2D eigenvalue weighted by Crippen LogP contribution is -1.93. The second-order valence-corrected chi connectivity index (χ2v) is 3.64. The quantitative estimate of drug-likeness (QED) is 0.908. The fourth-order valence-electron chi connectivity index (χ4n) is 1.45. The standard InChI is InChI=1S/C13H11F2NO2/c14-7-10-6-11(3-4-16-10)18-13-2-1-9(8-17)5-12(13)15/h1-6,17H,7-8H2. The van der Waals surface area contributed by atoms with E-state index in [2.05, 4.69) is 4.98 Å². The van der Waals surface area contributed by atoms with Gasteiger partial charge < -0.3 is 9.84 Å². The molecule has 2 aromatic rings. The summed E-state index contributed by atoms with van der Waals surface area (Å²) < 4.78 is 31.3. The lowest BCUT2D eigenvalue weighted by atomic mass is 10.2. The van der Waals surface area contributed by atoms with Crippen molar-refractivity contribution in [3.05, 3.63) is 53.6 Å². The summed E-state index contributed by atoms with van der Waals surface area (Å²) in [5.74, 6) is -0.253. The van der Waals surface area contributed by atoms with Gasteiger partial charge >= 0.3 is 0 Å². The average Bonchev–Trinajstić information content (AvgIpc) is 2.41. The number of nitrogens with zero attached hydrogens (tertiary/aromatic N) is 1. The highest BCUT2D eigenvalue weighted by Gasteiger charge is 2.06. The topological polar surface area (TPSA) is 42.4 Å². The van der Waals surface area contributed by atoms with Crippen LogP contribution in [0.15, 0.2) is 36.5 Å². The minimum absolute atomic E-state index is 0.0169. The third kappa shape index (κ3) is 2.81. The fourth-order valence-corrected chi connectivity index (χ4v) is 1.45. The van der Waals surface area contributed by atoms with Gasteiger partial charge in [-0.2, -0.15) is 0 Å². The maximum absolute atomic E-state index is 13.6. The molecule has 0 spiro atoms. The molecule has 0 atom stereocenters. The minimum atomic E-state index is -0.705. The van der Waals surface area contributed by atoms with E-state index in [1.165, 1.54) is 30.5 Å². The Labute approximate surface area is 103 Å². The molecule has 0 aliphatic rings. The van der Waals surface area contributed by atoms with E-state index in [0.29, 0.717) is 11.3 Å². The molecular formula is C13H11F2NO2. The van der Waals surface area contributed by atoms with Crippen molar-refractivity contribution in [3.63, 3.8) is 0 Å². The molecule has 0 radical (unpaired) electrons. The van der Waals surface area contributed by atoms with Crippen molar-refractivity contribution in [2.75, 3.05) is 0 Å². The van der Waals surface area contributed by atoms with Gasteiger partial charge in [0, 0.05) is 12.3 Å². The monoisotopic (exact) mass is 251 g/mol. The van der Waals surface area contributed by atoms with Crippen molar-refractivity contribution in [3.8, 4) is 11.5 Å². The summed E-state index contributed by atoms with van der Waals surface area (Å²) in [6.45, 7) is -0.943. The van der Waals surface area contributed by atoms with Crippen molar-refractivity contribution in [2.24, 2.45) is 0 Å². The van der Waals surface area contributed by atoms with Gasteiger partial charge in [-0.1, -0.05) is 6.07 Å². The molecule has 0 saturated carbocycles. The molecule has 1 heterocycles. The number of aliphatic hydroxyl groups is 1. The smallest absolute Gasteiger partial charge is 0.166 e. The molecule has 18 heavy (non-hydrogen) atoms. The summed E-state index contributed by atoms with van der Waals surface area (Å²) in [5.41, 5.74) is 0.680. The van der Waals surface area contributed by atoms with Crippen LogP contribution in [0.4, 0.5) is 8.78 Å². The normalized spacial score (nSPS) is 10.4. The molecule has 0 bridgehead atoms. The van der Waals surface area contributed by atoms with Crippen LogP contribution in [0.2, 0.25) is 0 Å². The third-order valence-electron chi connectivity index (χ3n) is 2.33. The second kappa shape index (κ2) is 5.55. The van der Waals surface area contributed by atoms with Crippen LogP contribution < -0.4 is 4.74 Å². The Balaban J connectivity index is 2.22. The molecule has 0 aliphatic carbocycles. The zero-order valence-corrected chi connectivity index (χ0v) is 9.44. The number of hydrogen-bond donors (Lipinski definition) is 1. The number of rotatable bonds is 4. The van der Waals surface area contributed by atoms with Crippen molar-refractivity contribution in [1.82, 2.24) is 4.98 Å². The maximum Gasteiger partial charge on any atom is 0.166 e. The molecule has 3 nitrogen and oxygen atoms in total. The number of aromatic nitrogens is 1. The van der Waals surface area contributed by atoms with E-state index in [-0.39, 0.29) is 18.1 Å². The molecule has 1 aromatic carbocycles. The van der Waals surface area contributed by atoms with E-state index in [0.717, 1.165) is 0 Å². The van der Waals surface area contributed by atoms with Crippen LogP contribution in [0.1, 0.15) is 11.3 Å². The largest absolute Gasteiger partial charge is 0.454 e. The highest BCUT2D eigenvalue weighted by Crippen LogP contribution is 2.25. The van der Waals surface area contributed by atoms with Crippen LogP contribution in [0, 0.1) is 5.82 Å². The first kappa shape index (κ1) is 12.4. The molecule has 0 fully saturated rings. The van der Waals surface area contributed by atoms with E-state index in [9.17, 15) is 8.78 Å². The predicted molar refractivity (Wildman–Crippen MR) is 61.4 cm³/mol. The average molecular weight is 251 g/mol. The molecule has 0 saturated heterocycles. The minimum Gasteiger partial charge on any atom is -0.454 e. The van der Waals surface area contributed by atoms with Gasteiger partial charge in [0.1, 0.15) is 12.4 Å². The Bertz CT molecular complexity index is 546. The van der Waals surface area contributed by atoms with E-state index in [1.807, 2.05) is 0 Å². The highest BCUT2D eigenvalue weighted by atomic mass is 19.1. The van der Waals surface area contributed by atoms with Gasteiger partial charge in [0.05, 0.1) is 12.3 Å². The summed E-state index contributed by atoms with van der Waals surface area (Å²) >= 11 is 0. The van der Waals surface area contributed by atoms with Crippen LogP contribution in [0.5, 0.6) is 11.5 Å². The first-order valence-electron chi connectivity index (χ1n) is 5.31. The Hall–Kier alpha value is -2.01. The number of ether oxygens (including phenoxy) is 1. The molecule has 0 amide bonds. The third-order valence-corrected chi connectivity index (χ3v) is 2.33. The first-order chi connectivity index (χ1) is 8.72. The van der Waals surface area contributed by atoms with Gasteiger partial charge in [-0.15, -0.1) is 0 Å². The maximum atomic E-state index is 13.6. The zero-order valence-electron chi connectivity index (χ0n) is 9.44. The molecule has 5 heteroatoms. The SMILES string of the molecule is OCc1ccc(Oc2ccnc(CF)c2)c(F)c1. The lowest BCUT2D eigenvalue weighted by molar-refractivity contribution is 0.281. The molecule has 1 N–H and O–H groups in total. The van der Waals surface area contributed by atoms with Crippen molar-refractivity contribution < 1.29 is 18.6 Å². The second-order valence-electron chi connectivity index (χ2n) is 3.64. The Morgan fingerprint density at radius 2 is 2.06 bits per heavy atom. The molecule has 0 unspecified atom stereocenters. The number of hydrogen-bond acceptors (Lipinski definition) is 3. The number of halogens is 2. The predicted octanol–water partition coefficient (Wildman–Crippen LogP) is 2.97. The Morgan fingerprint density at radius 1 is 1.22 bits per heavy atom. The molecule has 2 rings (SSSR count). The van der Waals surface area contributed by atoms with Crippen LogP contribution in [0.25, 0.3) is 0 Å². The van der Waals surface area contributed by atoms with Crippen LogP contribution in [0.3, 0.4) is 0 Å². The van der Waals surface area contributed by atoms with E-state index in [1.54, 1.807) is 6.07 Å². The number of alkyl halides is 1. The molecule has 0 aliphatic heterocycles. The zero-order chi connectivity index (χ0) is 13.0. The van der Waals surface area contributed by atoms with Gasteiger partial charge in [-0.3, -0.25) is 4.98 Å². The summed E-state index contributed by atoms with van der Waals surface area (Å²) in [5, 5.41) is 8.85. The van der Waals surface area contributed by atoms with Gasteiger partial charge in [0.2, 0.25) is 0 Å². The van der Waals surface area contributed by atoms with E-state index < -0.39 is 12.5 Å². The number of pyridine rings is 1. The first-order valence-corrected chi connectivity index (χ1v) is 5.31. The van der Waals surface area contributed by atoms with Gasteiger partial charge in [-0.05, 0) is 23.8 Å². The van der Waals surface area contributed by atoms with Crippen molar-refractivity contribution in [1.29, 1.82) is 0 Å². The van der Waals surface area contributed by atoms with Gasteiger partial charge in [0.25, 0.3) is 0 Å². The number of benzene rings is 1. The molecule has 94 valence electrons. The summed E-state index contributed by atoms with van der Waals surface area (Å²) in [7, 11) is 0. The lowest BCUT2D eigenvalue weighted by Gasteiger charge is -2.08. The van der Waals surface area contributed by atoms with Crippen LogP contribution >= 0.6 is 0 Å². The van der Waals surface area contributed by atoms with Crippen molar-refractivity contribution in [2.45, 2.75) is 13.3 Å². The number of aliphatic hydroxyl groups excluding tert-OH is 1. The molecular weight excluding hydrogens is 240 g/mol. The fraction of sp³-hybridized carbons (Fsp3) is 0.154. The molecule has 1 aromatic heterocycles. The van der Waals surface area contributed by atoms with Gasteiger partial charge in [0.15, 0.2) is 11.6 Å². The van der Waals surface area contributed by atoms with Crippen molar-refractivity contribution >= 4 is 0 Å².